The molecule has 1 heterocycles. The van der Waals surface area contributed by atoms with E-state index in [-0.39, 0.29) is 5.54 Å². The number of benzene rings is 1. The third kappa shape index (κ3) is 3.30. The Hall–Kier alpha value is -1.02. The van der Waals surface area contributed by atoms with Gasteiger partial charge in [-0.25, -0.2) is 0 Å². The number of nitrogens with one attached hydrogen (secondary N) is 1. The summed E-state index contributed by atoms with van der Waals surface area (Å²) in [7, 11) is 0. The van der Waals surface area contributed by atoms with Crippen LogP contribution in [0.2, 0.25) is 0 Å². The molecule has 0 aromatic heterocycles. The minimum absolute atomic E-state index is 0.259. The predicted molar refractivity (Wildman–Crippen MR) is 84.2 cm³/mol. The van der Waals surface area contributed by atoms with Gasteiger partial charge in [0.1, 0.15) is 0 Å². The van der Waals surface area contributed by atoms with Crippen molar-refractivity contribution in [3.63, 3.8) is 0 Å². The molecule has 1 saturated heterocycles. The summed E-state index contributed by atoms with van der Waals surface area (Å²) in [6, 6.07) is 6.72. The van der Waals surface area contributed by atoms with Crippen LogP contribution in [0, 0.1) is 6.92 Å². The van der Waals surface area contributed by atoms with Crippen LogP contribution >= 0.6 is 0 Å². The number of hydrogen-bond acceptors (Lipinski definition) is 2. The number of para-hydroxylation sites is 1. The van der Waals surface area contributed by atoms with Crippen LogP contribution in [0.5, 0.6) is 0 Å². The molecule has 1 fully saturated rings. The van der Waals surface area contributed by atoms with E-state index in [1.54, 1.807) is 0 Å². The molecular weight excluding hydrogens is 232 g/mol. The number of nitrogens with zero attached hydrogens (tertiary/aromatic N) is 1. The third-order valence-electron chi connectivity index (χ3n) is 4.20. The second kappa shape index (κ2) is 5.54. The SMILES string of the molecule is Cc1cccc(C(C)C)c1N1CCNC(C)(C)CC1. The molecule has 0 spiro atoms. The zero-order valence-corrected chi connectivity index (χ0v) is 13.1. The van der Waals surface area contributed by atoms with Crippen molar-refractivity contribution in [2.24, 2.45) is 0 Å². The summed E-state index contributed by atoms with van der Waals surface area (Å²) >= 11 is 0. The minimum atomic E-state index is 0.259. The first-order valence-corrected chi connectivity index (χ1v) is 7.50. The van der Waals surface area contributed by atoms with E-state index in [4.69, 9.17) is 0 Å². The molecule has 2 heteroatoms. The van der Waals surface area contributed by atoms with Gasteiger partial charge in [0.25, 0.3) is 0 Å². The van der Waals surface area contributed by atoms with Gasteiger partial charge in [0.05, 0.1) is 0 Å². The summed E-state index contributed by atoms with van der Waals surface area (Å²) < 4.78 is 0. The topological polar surface area (TPSA) is 15.3 Å². The van der Waals surface area contributed by atoms with Crippen LogP contribution in [0.15, 0.2) is 18.2 Å². The fourth-order valence-electron chi connectivity index (χ4n) is 2.95. The Balaban J connectivity index is 2.31. The molecule has 1 aliphatic rings. The van der Waals surface area contributed by atoms with E-state index >= 15 is 0 Å². The maximum absolute atomic E-state index is 3.65. The quantitative estimate of drug-likeness (QED) is 0.872. The minimum Gasteiger partial charge on any atom is -0.370 e. The highest BCUT2D eigenvalue weighted by atomic mass is 15.2. The first-order chi connectivity index (χ1) is 8.91. The highest BCUT2D eigenvalue weighted by Gasteiger charge is 2.24. The lowest BCUT2D eigenvalue weighted by Crippen LogP contribution is -2.39. The van der Waals surface area contributed by atoms with Gasteiger partial charge in [0.2, 0.25) is 0 Å². The van der Waals surface area contributed by atoms with Crippen LogP contribution in [-0.2, 0) is 0 Å². The van der Waals surface area contributed by atoms with Gasteiger partial charge in [-0.05, 0) is 44.2 Å². The highest BCUT2D eigenvalue weighted by molar-refractivity contribution is 5.60. The zero-order valence-electron chi connectivity index (χ0n) is 13.1. The summed E-state index contributed by atoms with van der Waals surface area (Å²) in [4.78, 5) is 2.58. The molecule has 0 bridgehead atoms. The second-order valence-corrected chi connectivity index (χ2v) is 6.72. The number of rotatable bonds is 2. The number of aryl methyl sites for hydroxylation is 1. The van der Waals surface area contributed by atoms with Gasteiger partial charge in [0.15, 0.2) is 0 Å². The van der Waals surface area contributed by atoms with Crippen molar-refractivity contribution >= 4 is 5.69 Å². The Labute approximate surface area is 118 Å². The van der Waals surface area contributed by atoms with Gasteiger partial charge in [-0.15, -0.1) is 0 Å². The molecule has 0 atom stereocenters. The van der Waals surface area contributed by atoms with Crippen LogP contribution in [0.1, 0.15) is 51.2 Å². The summed E-state index contributed by atoms with van der Waals surface area (Å²) in [5.41, 5.74) is 4.62. The smallest absolute Gasteiger partial charge is 0.0431 e. The van der Waals surface area contributed by atoms with Crippen molar-refractivity contribution in [3.05, 3.63) is 29.3 Å². The first-order valence-electron chi connectivity index (χ1n) is 7.50. The van der Waals surface area contributed by atoms with Crippen LogP contribution < -0.4 is 10.2 Å². The van der Waals surface area contributed by atoms with E-state index in [0.29, 0.717) is 5.92 Å². The van der Waals surface area contributed by atoms with E-state index in [2.05, 4.69) is 63.0 Å². The molecule has 106 valence electrons. The molecular formula is C17H28N2. The zero-order chi connectivity index (χ0) is 14.0. The van der Waals surface area contributed by atoms with E-state index in [1.165, 1.54) is 23.2 Å². The van der Waals surface area contributed by atoms with Gasteiger partial charge in [0, 0.05) is 30.9 Å². The molecule has 2 rings (SSSR count). The van der Waals surface area contributed by atoms with Crippen LogP contribution in [0.3, 0.4) is 0 Å². The number of hydrogen-bond donors (Lipinski definition) is 1. The molecule has 0 radical (unpaired) electrons. The van der Waals surface area contributed by atoms with Gasteiger partial charge < -0.3 is 10.2 Å². The summed E-state index contributed by atoms with van der Waals surface area (Å²) in [6.07, 6.45) is 1.19. The molecule has 0 aliphatic carbocycles. The molecule has 1 aromatic carbocycles. The number of anilines is 1. The lowest BCUT2D eigenvalue weighted by molar-refractivity contribution is 0.394. The summed E-state index contributed by atoms with van der Waals surface area (Å²) in [5.74, 6) is 0.583. The average Bonchev–Trinajstić information content (AvgIpc) is 2.50. The van der Waals surface area contributed by atoms with Crippen LogP contribution in [-0.4, -0.2) is 25.2 Å². The molecule has 1 N–H and O–H groups in total. The van der Waals surface area contributed by atoms with Crippen molar-refractivity contribution in [2.45, 2.75) is 52.5 Å². The lowest BCUT2D eigenvalue weighted by atomic mass is 9.96. The molecule has 1 aromatic rings. The molecule has 2 nitrogen and oxygen atoms in total. The standard InChI is InChI=1S/C17H28N2/c1-13(2)15-8-6-7-14(3)16(15)19-11-9-17(4,5)18-10-12-19/h6-8,13,18H,9-12H2,1-5H3. The monoisotopic (exact) mass is 260 g/mol. The van der Waals surface area contributed by atoms with Crippen molar-refractivity contribution in [1.82, 2.24) is 5.32 Å². The molecule has 19 heavy (non-hydrogen) atoms. The average molecular weight is 260 g/mol. The van der Waals surface area contributed by atoms with Gasteiger partial charge >= 0.3 is 0 Å². The summed E-state index contributed by atoms with van der Waals surface area (Å²) in [5, 5.41) is 3.65. The molecule has 0 saturated carbocycles. The van der Waals surface area contributed by atoms with Crippen molar-refractivity contribution < 1.29 is 0 Å². The van der Waals surface area contributed by atoms with Gasteiger partial charge in [-0.3, -0.25) is 0 Å². The first kappa shape index (κ1) is 14.4. The van der Waals surface area contributed by atoms with Gasteiger partial charge in [-0.2, -0.15) is 0 Å². The Morgan fingerprint density at radius 1 is 1.21 bits per heavy atom. The van der Waals surface area contributed by atoms with E-state index < -0.39 is 0 Å². The van der Waals surface area contributed by atoms with Crippen molar-refractivity contribution in [2.75, 3.05) is 24.5 Å². The fourth-order valence-corrected chi connectivity index (χ4v) is 2.95. The van der Waals surface area contributed by atoms with E-state index in [0.717, 1.165) is 19.6 Å². The summed E-state index contributed by atoms with van der Waals surface area (Å²) in [6.45, 7) is 14.7. The lowest BCUT2D eigenvalue weighted by Gasteiger charge is -2.29. The maximum atomic E-state index is 3.65. The highest BCUT2D eigenvalue weighted by Crippen LogP contribution is 2.32. The predicted octanol–water partition coefficient (Wildman–Crippen LogP) is 3.70. The Bertz CT molecular complexity index is 435. The van der Waals surface area contributed by atoms with E-state index in [9.17, 15) is 0 Å². The molecule has 0 unspecified atom stereocenters. The maximum Gasteiger partial charge on any atom is 0.0431 e. The van der Waals surface area contributed by atoms with E-state index in [1.807, 2.05) is 0 Å². The van der Waals surface area contributed by atoms with Crippen molar-refractivity contribution in [3.8, 4) is 0 Å². The normalized spacial score (nSPS) is 19.6. The molecule has 1 aliphatic heterocycles. The fraction of sp³-hybridized carbons (Fsp3) is 0.647. The molecule has 0 amide bonds. The Morgan fingerprint density at radius 3 is 2.63 bits per heavy atom. The van der Waals surface area contributed by atoms with Crippen molar-refractivity contribution in [1.29, 1.82) is 0 Å². The largest absolute Gasteiger partial charge is 0.370 e. The van der Waals surface area contributed by atoms with Gasteiger partial charge in [-0.1, -0.05) is 32.0 Å². The second-order valence-electron chi connectivity index (χ2n) is 6.72. The third-order valence-corrected chi connectivity index (χ3v) is 4.20. The van der Waals surface area contributed by atoms with Crippen LogP contribution in [0.4, 0.5) is 5.69 Å². The Morgan fingerprint density at radius 2 is 1.95 bits per heavy atom. The van der Waals surface area contributed by atoms with Crippen LogP contribution in [0.25, 0.3) is 0 Å². The Kier molecular flexibility index (Phi) is 4.19.